The summed E-state index contributed by atoms with van der Waals surface area (Å²) in [6.07, 6.45) is 0.949. The summed E-state index contributed by atoms with van der Waals surface area (Å²) in [4.78, 5) is 42.6. The Balaban J connectivity index is 0.860. The van der Waals surface area contributed by atoms with Crippen LogP contribution in [0.5, 0.6) is 5.75 Å². The number of aromatic hydroxyl groups is 1. The fraction of sp³-hybridized carbons (Fsp3) is 0.250. The van der Waals surface area contributed by atoms with E-state index in [2.05, 4.69) is 25.8 Å². The van der Waals surface area contributed by atoms with Gasteiger partial charge in [-0.25, -0.2) is 4.79 Å². The molecule has 11 heteroatoms. The summed E-state index contributed by atoms with van der Waals surface area (Å²) in [6.45, 7) is 2.98. The van der Waals surface area contributed by atoms with E-state index in [4.69, 9.17) is 4.74 Å². The molecule has 1 saturated heterocycles. The molecule has 6 N–H and O–H groups in total. The van der Waals surface area contributed by atoms with Crippen LogP contribution < -0.4 is 21.5 Å². The van der Waals surface area contributed by atoms with E-state index >= 15 is 0 Å². The van der Waals surface area contributed by atoms with E-state index in [-0.39, 0.29) is 29.9 Å². The number of aliphatic hydroxyl groups excluding tert-OH is 1. The molecule has 1 aromatic heterocycles. The molecule has 1 fully saturated rings. The van der Waals surface area contributed by atoms with E-state index in [1.54, 1.807) is 12.1 Å². The van der Waals surface area contributed by atoms with Gasteiger partial charge in [0.2, 0.25) is 11.5 Å². The highest BCUT2D eigenvalue weighted by Gasteiger charge is 2.23. The average Bonchev–Trinajstić information content (AvgIpc) is 3.20. The highest BCUT2D eigenvalue weighted by Crippen LogP contribution is 2.30. The number of phenolic OH excluding ortho intramolecular Hbond substituents is 1. The number of nitrogens with zero attached hydrogens (tertiary/aromatic N) is 1. The maximum atomic E-state index is 13.1. The number of hydrogen-bond acceptors (Lipinski definition) is 8. The minimum absolute atomic E-state index is 0.0456. The molecule has 6 aromatic rings. The Hall–Kier alpha value is -6.01. The van der Waals surface area contributed by atoms with Gasteiger partial charge in [-0.05, 0) is 72.1 Å². The number of phenols is 1. The molecule has 0 radical (unpaired) electrons. The van der Waals surface area contributed by atoms with Crippen molar-refractivity contribution in [3.05, 3.63) is 137 Å². The van der Waals surface area contributed by atoms with Gasteiger partial charge in [0.15, 0.2) is 0 Å². The first kappa shape index (κ1) is 37.3. The van der Waals surface area contributed by atoms with Gasteiger partial charge in [0, 0.05) is 60.7 Å². The van der Waals surface area contributed by atoms with Crippen LogP contribution in [0.25, 0.3) is 32.8 Å². The van der Waals surface area contributed by atoms with Gasteiger partial charge in [-0.1, -0.05) is 84.9 Å². The molecule has 0 bridgehead atoms. The summed E-state index contributed by atoms with van der Waals surface area (Å²) in [5, 5.41) is 33.0. The number of rotatable bonds is 13. The minimum Gasteiger partial charge on any atom is -0.506 e. The van der Waals surface area contributed by atoms with Crippen molar-refractivity contribution in [2.75, 3.05) is 43.4 Å². The number of piperidine rings is 1. The number of amides is 2. The molecule has 5 aromatic carbocycles. The standard InChI is InChI=1S/C44H45N5O6/c50-39-18-15-35(36-16-19-41(52)48-43(36)39)40(51)28-45-24-20-30-14-17-38(34-12-5-4-10-32(30)34)46-42(53)23-27-49-25-21-31(22-26-49)55-44(54)47-37-13-7-6-11-33(37)29-8-2-1-3-9-29/h1-19,31,40,45,50-51H,20-28H2,(H,46,53)(H,47,54)(H,48,52). The molecule has 2 amide bonds. The van der Waals surface area contributed by atoms with Crippen molar-refractivity contribution in [2.45, 2.75) is 37.9 Å². The molecule has 11 nitrogen and oxygen atoms in total. The SMILES string of the molecule is O=C(CCN1CCC(OC(=O)Nc2ccccc2-c2ccccc2)CC1)Nc1ccc(CCNCC(O)c2ccc(O)c3[nH]c(=O)ccc23)c2ccccc12. The molecular formula is C44H45N5O6. The number of aliphatic hydroxyl groups is 1. The quantitative estimate of drug-likeness (QED) is 0.0695. The van der Waals surface area contributed by atoms with Crippen LogP contribution in [0.4, 0.5) is 16.2 Å². The maximum Gasteiger partial charge on any atom is 0.411 e. The molecule has 55 heavy (non-hydrogen) atoms. The van der Waals surface area contributed by atoms with Gasteiger partial charge in [-0.15, -0.1) is 0 Å². The number of anilines is 2. The summed E-state index contributed by atoms with van der Waals surface area (Å²) in [5.41, 5.74) is 5.12. The zero-order valence-corrected chi connectivity index (χ0v) is 30.5. The number of H-pyrrole nitrogens is 1. The van der Waals surface area contributed by atoms with E-state index < -0.39 is 12.2 Å². The largest absolute Gasteiger partial charge is 0.506 e. The summed E-state index contributed by atoms with van der Waals surface area (Å²) >= 11 is 0. The Morgan fingerprint density at radius 1 is 0.800 bits per heavy atom. The topological polar surface area (TPSA) is 156 Å². The summed E-state index contributed by atoms with van der Waals surface area (Å²) < 4.78 is 5.78. The number of aromatic amines is 1. The normalized spacial score (nSPS) is 14.1. The molecule has 1 aliphatic heterocycles. The van der Waals surface area contributed by atoms with Crippen LogP contribution in [-0.2, 0) is 16.0 Å². The number of hydrogen-bond donors (Lipinski definition) is 6. The molecule has 1 atom stereocenters. The van der Waals surface area contributed by atoms with Gasteiger partial charge in [-0.3, -0.25) is 14.9 Å². The molecule has 2 heterocycles. The van der Waals surface area contributed by atoms with Gasteiger partial charge in [-0.2, -0.15) is 0 Å². The fourth-order valence-corrected chi connectivity index (χ4v) is 7.29. The smallest absolute Gasteiger partial charge is 0.411 e. The van der Waals surface area contributed by atoms with Gasteiger partial charge in [0.05, 0.1) is 17.3 Å². The number of fused-ring (bicyclic) bond motifs is 2. The lowest BCUT2D eigenvalue weighted by atomic mass is 10.00. The fourth-order valence-electron chi connectivity index (χ4n) is 7.29. The highest BCUT2D eigenvalue weighted by molar-refractivity contribution is 6.03. The monoisotopic (exact) mass is 739 g/mol. The second-order valence-corrected chi connectivity index (χ2v) is 13.9. The lowest BCUT2D eigenvalue weighted by Crippen LogP contribution is -2.39. The van der Waals surface area contributed by atoms with Crippen LogP contribution in [-0.4, -0.2) is 70.9 Å². The van der Waals surface area contributed by atoms with Crippen LogP contribution in [0.3, 0.4) is 0 Å². The maximum absolute atomic E-state index is 13.1. The van der Waals surface area contributed by atoms with Crippen LogP contribution in [0, 0.1) is 0 Å². The van der Waals surface area contributed by atoms with Crippen LogP contribution in [0.2, 0.25) is 0 Å². The molecule has 0 saturated carbocycles. The number of nitrogens with one attached hydrogen (secondary N) is 4. The first-order chi connectivity index (χ1) is 26.8. The number of aromatic nitrogens is 1. The Morgan fingerprint density at radius 2 is 1.55 bits per heavy atom. The van der Waals surface area contributed by atoms with Gasteiger partial charge < -0.3 is 35.5 Å². The first-order valence-electron chi connectivity index (χ1n) is 18.7. The molecular weight excluding hydrogens is 695 g/mol. The molecule has 7 rings (SSSR count). The summed E-state index contributed by atoms with van der Waals surface area (Å²) in [7, 11) is 0. The Morgan fingerprint density at radius 3 is 2.36 bits per heavy atom. The number of benzene rings is 5. The summed E-state index contributed by atoms with van der Waals surface area (Å²) in [6, 6.07) is 35.7. The number of pyridine rings is 1. The van der Waals surface area contributed by atoms with Crippen molar-refractivity contribution >= 4 is 45.1 Å². The number of likely N-dealkylation sites (tertiary alicyclic amines) is 1. The zero-order valence-electron chi connectivity index (χ0n) is 30.5. The zero-order chi connectivity index (χ0) is 38.1. The van der Waals surface area contributed by atoms with Crippen molar-refractivity contribution in [2.24, 2.45) is 0 Å². The second kappa shape index (κ2) is 17.4. The molecule has 1 aliphatic rings. The van der Waals surface area contributed by atoms with Crippen molar-refractivity contribution in [3.63, 3.8) is 0 Å². The Bertz CT molecular complexity index is 2340. The van der Waals surface area contributed by atoms with Crippen LogP contribution in [0.15, 0.2) is 120 Å². The molecule has 282 valence electrons. The van der Waals surface area contributed by atoms with E-state index in [9.17, 15) is 24.6 Å². The summed E-state index contributed by atoms with van der Waals surface area (Å²) in [5.74, 6) is -0.107. The highest BCUT2D eigenvalue weighted by atomic mass is 16.6. The van der Waals surface area contributed by atoms with E-state index in [1.165, 1.54) is 12.1 Å². The number of ether oxygens (including phenoxy) is 1. The molecule has 0 aliphatic carbocycles. The van der Waals surface area contributed by atoms with Crippen molar-refractivity contribution in [1.82, 2.24) is 15.2 Å². The number of para-hydroxylation sites is 1. The number of carbonyl (C=O) groups excluding carboxylic acids is 2. The third-order valence-electron chi connectivity index (χ3n) is 10.2. The third kappa shape index (κ3) is 9.21. The Labute approximate surface area is 319 Å². The van der Waals surface area contributed by atoms with Gasteiger partial charge in [0.25, 0.3) is 0 Å². The van der Waals surface area contributed by atoms with E-state index in [0.29, 0.717) is 60.9 Å². The Kier molecular flexibility index (Phi) is 11.8. The lowest BCUT2D eigenvalue weighted by molar-refractivity contribution is -0.116. The predicted molar refractivity (Wildman–Crippen MR) is 216 cm³/mol. The second-order valence-electron chi connectivity index (χ2n) is 13.9. The van der Waals surface area contributed by atoms with E-state index in [0.717, 1.165) is 46.2 Å². The van der Waals surface area contributed by atoms with E-state index in [1.807, 2.05) is 91.0 Å². The molecule has 0 spiro atoms. The lowest BCUT2D eigenvalue weighted by Gasteiger charge is -2.31. The van der Waals surface area contributed by atoms with Crippen molar-refractivity contribution in [1.29, 1.82) is 0 Å². The minimum atomic E-state index is -0.844. The van der Waals surface area contributed by atoms with Gasteiger partial charge >= 0.3 is 6.09 Å². The predicted octanol–water partition coefficient (Wildman–Crippen LogP) is 6.96. The van der Waals surface area contributed by atoms with Gasteiger partial charge in [0.1, 0.15) is 11.9 Å². The first-order valence-corrected chi connectivity index (χ1v) is 18.7. The van der Waals surface area contributed by atoms with Crippen molar-refractivity contribution < 1.29 is 24.5 Å². The van der Waals surface area contributed by atoms with Crippen molar-refractivity contribution in [3.8, 4) is 16.9 Å². The molecule has 1 unspecified atom stereocenters. The van der Waals surface area contributed by atoms with Crippen LogP contribution >= 0.6 is 0 Å². The average molecular weight is 740 g/mol. The van der Waals surface area contributed by atoms with Crippen LogP contribution in [0.1, 0.15) is 36.5 Å². The number of carbonyl (C=O) groups is 2. The third-order valence-corrected chi connectivity index (χ3v) is 10.2.